The van der Waals surface area contributed by atoms with Crippen LogP contribution in [0.2, 0.25) is 0 Å². The molecule has 21 heavy (non-hydrogen) atoms. The first-order valence-electron chi connectivity index (χ1n) is 5.84. The zero-order chi connectivity index (χ0) is 16.0. The number of ether oxygens (including phenoxy) is 1. The first-order chi connectivity index (χ1) is 9.85. The van der Waals surface area contributed by atoms with E-state index >= 15 is 0 Å². The number of alkyl halides is 3. The Bertz CT molecular complexity index is 513. The lowest BCUT2D eigenvalue weighted by Crippen LogP contribution is -2.46. The maximum Gasteiger partial charge on any atom is 0.323 e. The number of methoxy groups -OCH3 is 1. The number of benzene rings is 1. The Morgan fingerprint density at radius 3 is 2.62 bits per heavy atom. The van der Waals surface area contributed by atoms with Gasteiger partial charge in [-0.3, -0.25) is 20.2 Å². The molecule has 1 aromatic carbocycles. The average Bonchev–Trinajstić information content (AvgIpc) is 2.45. The van der Waals surface area contributed by atoms with Gasteiger partial charge in [-0.2, -0.15) is 0 Å². The van der Waals surface area contributed by atoms with E-state index in [1.165, 1.54) is 24.3 Å². The molecule has 1 N–H and O–H groups in total. The number of hydrogen-bond donors (Lipinski definition) is 1. The molecular formula is C12H13F3N2O4. The maximum atomic E-state index is 13.0. The number of rotatable bonds is 7. The molecule has 9 heteroatoms. The molecule has 6 nitrogen and oxygen atoms in total. The first-order valence-corrected chi connectivity index (χ1v) is 5.84. The van der Waals surface area contributed by atoms with Crippen LogP contribution in [0.4, 0.5) is 18.9 Å². The van der Waals surface area contributed by atoms with E-state index in [2.05, 4.69) is 4.74 Å². The van der Waals surface area contributed by atoms with Crippen molar-refractivity contribution in [1.29, 1.82) is 0 Å². The summed E-state index contributed by atoms with van der Waals surface area (Å²) in [5.41, 5.74) is 0.0929. The third kappa shape index (κ3) is 5.03. The molecule has 0 aliphatic carbocycles. The predicted molar refractivity (Wildman–Crippen MR) is 66.6 cm³/mol. The van der Waals surface area contributed by atoms with Crippen molar-refractivity contribution in [2.75, 3.05) is 7.11 Å². The molecule has 1 rings (SSSR count). The average molecular weight is 306 g/mol. The number of halogens is 3. The van der Waals surface area contributed by atoms with Crippen molar-refractivity contribution in [1.82, 2.24) is 5.32 Å². The SMILES string of the molecule is COC(=O)C(Cc1cccc([N+](=O)[O-])c1)NC(F)C(F)F. The van der Waals surface area contributed by atoms with Gasteiger partial charge in [-0.05, 0) is 12.0 Å². The van der Waals surface area contributed by atoms with Crippen molar-refractivity contribution in [2.45, 2.75) is 25.2 Å². The van der Waals surface area contributed by atoms with Gasteiger partial charge in [0.2, 0.25) is 6.30 Å². The molecule has 0 aliphatic heterocycles. The van der Waals surface area contributed by atoms with Crippen LogP contribution < -0.4 is 5.32 Å². The fourth-order valence-electron chi connectivity index (χ4n) is 1.65. The van der Waals surface area contributed by atoms with E-state index in [9.17, 15) is 28.1 Å². The van der Waals surface area contributed by atoms with Gasteiger partial charge in [-0.25, -0.2) is 13.2 Å². The van der Waals surface area contributed by atoms with Crippen LogP contribution in [0.5, 0.6) is 0 Å². The van der Waals surface area contributed by atoms with Crippen LogP contribution in [-0.2, 0) is 16.0 Å². The largest absolute Gasteiger partial charge is 0.468 e. The van der Waals surface area contributed by atoms with Crippen LogP contribution in [0.1, 0.15) is 5.56 Å². The minimum absolute atomic E-state index is 0.221. The highest BCUT2D eigenvalue weighted by atomic mass is 19.3. The predicted octanol–water partition coefficient (Wildman–Crippen LogP) is 1.83. The second-order valence-electron chi connectivity index (χ2n) is 4.11. The summed E-state index contributed by atoms with van der Waals surface area (Å²) in [4.78, 5) is 21.5. The van der Waals surface area contributed by atoms with E-state index in [1.807, 2.05) is 0 Å². The molecule has 2 atom stereocenters. The molecule has 0 spiro atoms. The van der Waals surface area contributed by atoms with Gasteiger partial charge in [0.15, 0.2) is 0 Å². The lowest BCUT2D eigenvalue weighted by molar-refractivity contribution is -0.384. The highest BCUT2D eigenvalue weighted by molar-refractivity contribution is 5.76. The summed E-state index contributed by atoms with van der Waals surface area (Å²) in [6, 6.07) is 3.87. The summed E-state index contributed by atoms with van der Waals surface area (Å²) in [5.74, 6) is -0.940. The number of nitrogens with one attached hydrogen (secondary N) is 1. The zero-order valence-corrected chi connectivity index (χ0v) is 11.0. The summed E-state index contributed by atoms with van der Waals surface area (Å²) in [7, 11) is 1.03. The lowest BCUT2D eigenvalue weighted by atomic mass is 10.1. The van der Waals surface area contributed by atoms with E-state index in [-0.39, 0.29) is 12.1 Å². The van der Waals surface area contributed by atoms with Crippen molar-refractivity contribution in [3.05, 3.63) is 39.9 Å². The van der Waals surface area contributed by atoms with Crippen molar-refractivity contribution in [3.8, 4) is 0 Å². The van der Waals surface area contributed by atoms with E-state index in [0.29, 0.717) is 5.56 Å². The molecule has 0 fully saturated rings. The normalized spacial score (nSPS) is 13.8. The van der Waals surface area contributed by atoms with E-state index in [0.717, 1.165) is 7.11 Å². The Kier molecular flexibility index (Phi) is 6.10. The molecular weight excluding hydrogens is 293 g/mol. The summed E-state index contributed by atoms with van der Waals surface area (Å²) in [6.07, 6.45) is -6.23. The third-order valence-corrected chi connectivity index (χ3v) is 2.63. The molecule has 0 saturated heterocycles. The van der Waals surface area contributed by atoms with Crippen molar-refractivity contribution in [3.63, 3.8) is 0 Å². The summed E-state index contributed by atoms with van der Waals surface area (Å²) in [6.45, 7) is 0. The van der Waals surface area contributed by atoms with Crippen LogP contribution in [0.3, 0.4) is 0 Å². The van der Waals surface area contributed by atoms with Crippen LogP contribution in [0, 0.1) is 10.1 Å². The monoisotopic (exact) mass is 306 g/mol. The third-order valence-electron chi connectivity index (χ3n) is 2.63. The topological polar surface area (TPSA) is 81.5 Å². The maximum absolute atomic E-state index is 13.0. The number of carbonyl (C=O) groups excluding carboxylic acids is 1. The fraction of sp³-hybridized carbons (Fsp3) is 0.417. The lowest BCUT2D eigenvalue weighted by Gasteiger charge is -2.18. The van der Waals surface area contributed by atoms with Gasteiger partial charge in [-0.15, -0.1) is 0 Å². The van der Waals surface area contributed by atoms with Gasteiger partial charge in [-0.1, -0.05) is 12.1 Å². The molecule has 0 aliphatic rings. The van der Waals surface area contributed by atoms with Gasteiger partial charge in [0.25, 0.3) is 12.1 Å². The zero-order valence-electron chi connectivity index (χ0n) is 11.0. The second-order valence-corrected chi connectivity index (χ2v) is 4.11. The van der Waals surface area contributed by atoms with Gasteiger partial charge in [0, 0.05) is 12.1 Å². The van der Waals surface area contributed by atoms with Crippen molar-refractivity contribution in [2.24, 2.45) is 0 Å². The van der Waals surface area contributed by atoms with Crippen molar-refractivity contribution >= 4 is 11.7 Å². The van der Waals surface area contributed by atoms with Crippen LogP contribution >= 0.6 is 0 Å². The quantitative estimate of drug-likeness (QED) is 0.360. The standard InChI is InChI=1S/C12H13F3N2O4/c1-21-12(18)9(16-11(15)10(13)14)6-7-3-2-4-8(5-7)17(19)20/h2-5,9-11,16H,6H2,1H3. The number of nitro groups is 1. The van der Waals surface area contributed by atoms with Crippen LogP contribution in [-0.4, -0.2) is 36.8 Å². The van der Waals surface area contributed by atoms with Gasteiger partial charge in [0.05, 0.1) is 12.0 Å². The molecule has 0 radical (unpaired) electrons. The van der Waals surface area contributed by atoms with Crippen LogP contribution in [0.15, 0.2) is 24.3 Å². The van der Waals surface area contributed by atoms with E-state index in [4.69, 9.17) is 0 Å². The highest BCUT2D eigenvalue weighted by Crippen LogP contribution is 2.15. The van der Waals surface area contributed by atoms with E-state index in [1.54, 1.807) is 5.32 Å². The summed E-state index contributed by atoms with van der Waals surface area (Å²) >= 11 is 0. The molecule has 0 heterocycles. The van der Waals surface area contributed by atoms with Gasteiger partial charge < -0.3 is 4.74 Å². The second kappa shape index (κ2) is 7.58. The minimum Gasteiger partial charge on any atom is -0.468 e. The minimum atomic E-state index is -3.30. The summed E-state index contributed by atoms with van der Waals surface area (Å²) < 4.78 is 41.8. The Morgan fingerprint density at radius 2 is 2.10 bits per heavy atom. The molecule has 1 aromatic rings. The Balaban J connectivity index is 2.88. The first kappa shape index (κ1) is 16.9. The molecule has 0 aromatic heterocycles. The number of nitrogens with zero attached hydrogens (tertiary/aromatic N) is 1. The van der Waals surface area contributed by atoms with E-state index < -0.39 is 29.7 Å². The molecule has 2 unspecified atom stereocenters. The highest BCUT2D eigenvalue weighted by Gasteiger charge is 2.28. The number of non-ortho nitro benzene ring substituents is 1. The number of carbonyl (C=O) groups is 1. The Hall–Kier alpha value is -2.16. The molecule has 0 saturated carbocycles. The number of hydrogen-bond acceptors (Lipinski definition) is 5. The summed E-state index contributed by atoms with van der Waals surface area (Å²) in [5, 5.41) is 12.4. The smallest absolute Gasteiger partial charge is 0.323 e. The molecule has 116 valence electrons. The molecule has 0 amide bonds. The molecule has 0 bridgehead atoms. The van der Waals surface area contributed by atoms with Gasteiger partial charge >= 0.3 is 5.97 Å². The fourth-order valence-corrected chi connectivity index (χ4v) is 1.65. The van der Waals surface area contributed by atoms with Crippen LogP contribution in [0.25, 0.3) is 0 Å². The number of nitro benzene ring substituents is 1. The Labute approximate surface area is 118 Å². The van der Waals surface area contributed by atoms with Gasteiger partial charge in [0.1, 0.15) is 6.04 Å². The van der Waals surface area contributed by atoms with Crippen molar-refractivity contribution < 1.29 is 27.6 Å². The number of esters is 1. The Morgan fingerprint density at radius 1 is 1.43 bits per heavy atom.